The third-order valence-electron chi connectivity index (χ3n) is 1.25. The zero-order valence-corrected chi connectivity index (χ0v) is 8.56. The minimum Gasteiger partial charge on any atom is -0.453 e. The van der Waals surface area contributed by atoms with Crippen molar-refractivity contribution >= 4 is 5.97 Å². The van der Waals surface area contributed by atoms with Gasteiger partial charge in [-0.15, -0.1) is 0 Å². The molecule has 15 heavy (non-hydrogen) atoms. The number of rotatable bonds is 5. The van der Waals surface area contributed by atoms with Gasteiger partial charge in [-0.25, -0.2) is 4.79 Å². The van der Waals surface area contributed by atoms with Crippen molar-refractivity contribution in [2.75, 3.05) is 13.2 Å². The number of carbonyl (C=O) groups excluding carboxylic acids is 1. The fourth-order valence-electron chi connectivity index (χ4n) is 0.576. The molecule has 0 radical (unpaired) electrons. The van der Waals surface area contributed by atoms with Crippen LogP contribution in [-0.4, -0.2) is 31.5 Å². The maximum atomic E-state index is 11.7. The van der Waals surface area contributed by atoms with E-state index in [0.29, 0.717) is 0 Å². The summed E-state index contributed by atoms with van der Waals surface area (Å²) in [5.74, 6) is -1.09. The molecule has 0 amide bonds. The molecule has 0 fully saturated rings. The fraction of sp³-hybridized carbons (Fsp3) is 0.667. The van der Waals surface area contributed by atoms with Crippen molar-refractivity contribution in [3.05, 3.63) is 12.2 Å². The standard InChI is InChI=1S/C9H13F3O3/c1-6(2)14-4-7(3)8(13)15-5-9(10,11)12/h6H,3-5H2,1-2H3. The topological polar surface area (TPSA) is 35.5 Å². The van der Waals surface area contributed by atoms with E-state index in [0.717, 1.165) is 0 Å². The van der Waals surface area contributed by atoms with Gasteiger partial charge in [-0.2, -0.15) is 13.2 Å². The molecule has 3 nitrogen and oxygen atoms in total. The Hall–Kier alpha value is -1.04. The highest BCUT2D eigenvalue weighted by atomic mass is 19.4. The Balaban J connectivity index is 3.85. The third kappa shape index (κ3) is 7.99. The quantitative estimate of drug-likeness (QED) is 0.531. The monoisotopic (exact) mass is 226 g/mol. The molecule has 0 heterocycles. The van der Waals surface area contributed by atoms with Crippen LogP contribution in [-0.2, 0) is 14.3 Å². The van der Waals surface area contributed by atoms with Gasteiger partial charge in [0.2, 0.25) is 0 Å². The second-order valence-corrected chi connectivity index (χ2v) is 3.15. The lowest BCUT2D eigenvalue weighted by molar-refractivity contribution is -0.183. The Morgan fingerprint density at radius 1 is 1.40 bits per heavy atom. The Bertz CT molecular complexity index is 233. The summed E-state index contributed by atoms with van der Waals surface area (Å²) in [5, 5.41) is 0. The molecule has 0 bridgehead atoms. The first kappa shape index (κ1) is 14.0. The zero-order valence-electron chi connectivity index (χ0n) is 8.56. The zero-order chi connectivity index (χ0) is 12.1. The molecular weight excluding hydrogens is 213 g/mol. The molecule has 0 saturated carbocycles. The van der Waals surface area contributed by atoms with Gasteiger partial charge < -0.3 is 9.47 Å². The summed E-state index contributed by atoms with van der Waals surface area (Å²) in [7, 11) is 0. The minimum absolute atomic E-state index is 0.128. The van der Waals surface area contributed by atoms with Gasteiger partial charge in [0.15, 0.2) is 6.61 Å². The predicted octanol–water partition coefficient (Wildman–Crippen LogP) is 2.07. The summed E-state index contributed by atoms with van der Waals surface area (Å²) in [6, 6.07) is 0. The molecule has 0 aliphatic carbocycles. The average Bonchev–Trinajstić information content (AvgIpc) is 2.08. The maximum absolute atomic E-state index is 11.7. The van der Waals surface area contributed by atoms with Crippen LogP contribution in [0.4, 0.5) is 13.2 Å². The van der Waals surface area contributed by atoms with Crippen molar-refractivity contribution in [3.63, 3.8) is 0 Å². The van der Waals surface area contributed by atoms with Crippen molar-refractivity contribution < 1.29 is 27.4 Å². The molecule has 0 aromatic rings. The largest absolute Gasteiger partial charge is 0.453 e. The molecule has 0 spiro atoms. The van der Waals surface area contributed by atoms with Gasteiger partial charge in [0.1, 0.15) is 0 Å². The maximum Gasteiger partial charge on any atom is 0.422 e. The second kappa shape index (κ2) is 5.75. The lowest BCUT2D eigenvalue weighted by atomic mass is 10.3. The van der Waals surface area contributed by atoms with Crippen LogP contribution in [0, 0.1) is 0 Å². The smallest absolute Gasteiger partial charge is 0.422 e. The van der Waals surface area contributed by atoms with Crippen molar-refractivity contribution in [2.24, 2.45) is 0 Å². The molecule has 0 saturated heterocycles. The van der Waals surface area contributed by atoms with Gasteiger partial charge >= 0.3 is 12.1 Å². The molecule has 0 aromatic carbocycles. The molecule has 0 unspecified atom stereocenters. The van der Waals surface area contributed by atoms with Crippen molar-refractivity contribution in [3.8, 4) is 0 Å². The number of ether oxygens (including phenoxy) is 2. The van der Waals surface area contributed by atoms with Gasteiger partial charge in [-0.3, -0.25) is 0 Å². The van der Waals surface area contributed by atoms with Crippen LogP contribution in [0.5, 0.6) is 0 Å². The molecule has 0 rings (SSSR count). The van der Waals surface area contributed by atoms with E-state index >= 15 is 0 Å². The first-order valence-corrected chi connectivity index (χ1v) is 4.25. The van der Waals surface area contributed by atoms with Crippen molar-refractivity contribution in [2.45, 2.75) is 26.1 Å². The number of hydrogen-bond acceptors (Lipinski definition) is 3. The molecule has 88 valence electrons. The van der Waals surface area contributed by atoms with Crippen LogP contribution in [0.1, 0.15) is 13.8 Å². The van der Waals surface area contributed by atoms with Crippen LogP contribution >= 0.6 is 0 Å². The van der Waals surface area contributed by atoms with E-state index in [1.807, 2.05) is 0 Å². The minimum atomic E-state index is -4.52. The molecule has 0 N–H and O–H groups in total. The first-order valence-electron chi connectivity index (χ1n) is 4.25. The molecule has 6 heteroatoms. The summed E-state index contributed by atoms with van der Waals surface area (Å²) in [6.07, 6.45) is -4.65. The van der Waals surface area contributed by atoms with E-state index in [-0.39, 0.29) is 18.3 Å². The SMILES string of the molecule is C=C(COC(C)C)C(=O)OCC(F)(F)F. The Morgan fingerprint density at radius 2 is 1.93 bits per heavy atom. The van der Waals surface area contributed by atoms with E-state index in [1.54, 1.807) is 13.8 Å². The molecule has 0 aliphatic rings. The normalized spacial score (nSPS) is 11.6. The molecular formula is C9H13F3O3. The average molecular weight is 226 g/mol. The van der Waals surface area contributed by atoms with Crippen LogP contribution in [0.15, 0.2) is 12.2 Å². The fourth-order valence-corrected chi connectivity index (χ4v) is 0.576. The van der Waals surface area contributed by atoms with Gasteiger partial charge in [0, 0.05) is 0 Å². The summed E-state index contributed by atoms with van der Waals surface area (Å²) in [4.78, 5) is 10.9. The number of hydrogen-bond donors (Lipinski definition) is 0. The van der Waals surface area contributed by atoms with Gasteiger partial charge in [-0.05, 0) is 13.8 Å². The van der Waals surface area contributed by atoms with E-state index in [4.69, 9.17) is 4.74 Å². The summed E-state index contributed by atoms with van der Waals surface area (Å²) in [6.45, 7) is 4.99. The third-order valence-corrected chi connectivity index (χ3v) is 1.25. The number of esters is 1. The Morgan fingerprint density at radius 3 is 2.33 bits per heavy atom. The van der Waals surface area contributed by atoms with Gasteiger partial charge in [0.05, 0.1) is 18.3 Å². The number of halogens is 3. The highest BCUT2D eigenvalue weighted by Gasteiger charge is 2.29. The van der Waals surface area contributed by atoms with Gasteiger partial charge in [-0.1, -0.05) is 6.58 Å². The second-order valence-electron chi connectivity index (χ2n) is 3.15. The van der Waals surface area contributed by atoms with Crippen molar-refractivity contribution in [1.29, 1.82) is 0 Å². The van der Waals surface area contributed by atoms with E-state index in [1.165, 1.54) is 0 Å². The lowest BCUT2D eigenvalue weighted by Gasteiger charge is -2.11. The van der Waals surface area contributed by atoms with E-state index in [2.05, 4.69) is 11.3 Å². The Labute approximate surface area is 85.9 Å². The van der Waals surface area contributed by atoms with E-state index in [9.17, 15) is 18.0 Å². The van der Waals surface area contributed by atoms with E-state index < -0.39 is 18.8 Å². The van der Waals surface area contributed by atoms with Crippen molar-refractivity contribution in [1.82, 2.24) is 0 Å². The molecule has 0 aromatic heterocycles. The summed E-state index contributed by atoms with van der Waals surface area (Å²) < 4.78 is 43.9. The molecule has 0 atom stereocenters. The number of carbonyl (C=O) groups is 1. The number of alkyl halides is 3. The first-order chi connectivity index (χ1) is 6.72. The summed E-state index contributed by atoms with van der Waals surface area (Å²) >= 11 is 0. The van der Waals surface area contributed by atoms with Crippen LogP contribution in [0.2, 0.25) is 0 Å². The molecule has 0 aliphatic heterocycles. The van der Waals surface area contributed by atoms with Gasteiger partial charge in [0.25, 0.3) is 0 Å². The van der Waals surface area contributed by atoms with Crippen LogP contribution < -0.4 is 0 Å². The predicted molar refractivity (Wildman–Crippen MR) is 47.2 cm³/mol. The highest BCUT2D eigenvalue weighted by molar-refractivity contribution is 5.87. The lowest BCUT2D eigenvalue weighted by Crippen LogP contribution is -2.22. The van der Waals surface area contributed by atoms with Crippen LogP contribution in [0.3, 0.4) is 0 Å². The highest BCUT2D eigenvalue weighted by Crippen LogP contribution is 2.15. The Kier molecular flexibility index (Phi) is 5.35. The van der Waals surface area contributed by atoms with Crippen LogP contribution in [0.25, 0.3) is 0 Å². The summed E-state index contributed by atoms with van der Waals surface area (Å²) in [5.41, 5.74) is -0.132.